The van der Waals surface area contributed by atoms with E-state index < -0.39 is 5.60 Å². The van der Waals surface area contributed by atoms with Crippen LogP contribution in [0, 0.1) is 13.8 Å². The summed E-state index contributed by atoms with van der Waals surface area (Å²) in [5.74, 6) is 0.866. The molecule has 1 fully saturated rings. The number of carbonyl (C=O) groups is 2. The SMILES string of the molecule is COc1ccc(NC(=O)c2cnn(-c3ccc(C)c(C)c3)c2C2CCN(C(=O)OC(C)(C)C)CC2)c(OC)c1. The maximum absolute atomic E-state index is 13.7. The van der Waals surface area contributed by atoms with Gasteiger partial charge in [-0.3, -0.25) is 4.79 Å². The largest absolute Gasteiger partial charge is 0.497 e. The van der Waals surface area contributed by atoms with E-state index in [0.29, 0.717) is 48.7 Å². The molecule has 1 N–H and O–H groups in total. The first kappa shape index (κ1) is 28.0. The fraction of sp³-hybridized carbons (Fsp3) is 0.433. The number of aromatic nitrogens is 2. The predicted octanol–water partition coefficient (Wildman–Crippen LogP) is 5.87. The van der Waals surface area contributed by atoms with E-state index in [1.165, 1.54) is 5.56 Å². The van der Waals surface area contributed by atoms with Gasteiger partial charge in [0, 0.05) is 25.1 Å². The number of hydrogen-bond acceptors (Lipinski definition) is 6. The van der Waals surface area contributed by atoms with E-state index >= 15 is 0 Å². The summed E-state index contributed by atoms with van der Waals surface area (Å²) in [6.07, 6.45) is 2.67. The molecule has 3 aromatic rings. The lowest BCUT2D eigenvalue weighted by Crippen LogP contribution is -2.41. The molecule has 4 rings (SSSR count). The number of amides is 2. The minimum atomic E-state index is -0.552. The summed E-state index contributed by atoms with van der Waals surface area (Å²) in [6, 6.07) is 11.4. The van der Waals surface area contributed by atoms with Gasteiger partial charge in [-0.05, 0) is 82.9 Å². The molecule has 2 amide bonds. The van der Waals surface area contributed by atoms with Gasteiger partial charge in [0.2, 0.25) is 0 Å². The van der Waals surface area contributed by atoms with Crippen molar-refractivity contribution in [3.8, 4) is 17.2 Å². The molecule has 0 unspecified atom stereocenters. The van der Waals surface area contributed by atoms with Crippen LogP contribution in [0.15, 0.2) is 42.6 Å². The van der Waals surface area contributed by atoms with Crippen molar-refractivity contribution in [2.75, 3.05) is 32.6 Å². The Hall–Kier alpha value is -4.01. The van der Waals surface area contributed by atoms with Crippen molar-refractivity contribution in [3.05, 3.63) is 65.0 Å². The number of hydrogen-bond donors (Lipinski definition) is 1. The quantitative estimate of drug-likeness (QED) is 0.425. The Morgan fingerprint density at radius 1 is 0.974 bits per heavy atom. The summed E-state index contributed by atoms with van der Waals surface area (Å²) < 4.78 is 18.2. The third-order valence-corrected chi connectivity index (χ3v) is 6.98. The summed E-state index contributed by atoms with van der Waals surface area (Å²) in [5.41, 5.74) is 4.51. The third kappa shape index (κ3) is 6.35. The van der Waals surface area contributed by atoms with Crippen molar-refractivity contribution < 1.29 is 23.8 Å². The van der Waals surface area contributed by atoms with Gasteiger partial charge < -0.3 is 24.4 Å². The van der Waals surface area contributed by atoms with Gasteiger partial charge in [-0.25, -0.2) is 9.48 Å². The Morgan fingerprint density at radius 3 is 2.31 bits per heavy atom. The van der Waals surface area contributed by atoms with Gasteiger partial charge in [0.05, 0.1) is 43.0 Å². The smallest absolute Gasteiger partial charge is 0.410 e. The number of nitrogens with one attached hydrogen (secondary N) is 1. The number of likely N-dealkylation sites (tertiary alicyclic amines) is 1. The van der Waals surface area contributed by atoms with Gasteiger partial charge in [0.15, 0.2) is 0 Å². The molecule has 0 aliphatic carbocycles. The van der Waals surface area contributed by atoms with Crippen molar-refractivity contribution in [2.24, 2.45) is 0 Å². The van der Waals surface area contributed by atoms with Crippen LogP contribution in [0.25, 0.3) is 5.69 Å². The summed E-state index contributed by atoms with van der Waals surface area (Å²) in [4.78, 5) is 28.0. The van der Waals surface area contributed by atoms with Crippen molar-refractivity contribution in [3.63, 3.8) is 0 Å². The minimum Gasteiger partial charge on any atom is -0.497 e. The van der Waals surface area contributed by atoms with Crippen LogP contribution in [-0.4, -0.2) is 59.6 Å². The second-order valence-electron chi connectivity index (χ2n) is 10.9. The number of nitrogens with zero attached hydrogens (tertiary/aromatic N) is 3. The van der Waals surface area contributed by atoms with E-state index in [1.807, 2.05) is 31.5 Å². The maximum atomic E-state index is 13.7. The molecule has 0 atom stereocenters. The number of anilines is 1. The lowest BCUT2D eigenvalue weighted by molar-refractivity contribution is 0.0203. The van der Waals surface area contributed by atoms with E-state index in [9.17, 15) is 9.59 Å². The Balaban J connectivity index is 1.66. The maximum Gasteiger partial charge on any atom is 0.410 e. The van der Waals surface area contributed by atoms with E-state index in [4.69, 9.17) is 14.2 Å². The number of rotatable bonds is 6. The van der Waals surface area contributed by atoms with Gasteiger partial charge in [0.25, 0.3) is 5.91 Å². The number of benzene rings is 2. The number of aryl methyl sites for hydroxylation is 2. The summed E-state index contributed by atoms with van der Waals surface area (Å²) in [6.45, 7) is 10.8. The fourth-order valence-corrected chi connectivity index (χ4v) is 4.74. The van der Waals surface area contributed by atoms with Gasteiger partial charge in [0.1, 0.15) is 17.1 Å². The number of piperidine rings is 1. The molecule has 1 aliphatic rings. The number of carbonyl (C=O) groups excluding carboxylic acids is 2. The Bertz CT molecular complexity index is 1350. The average Bonchev–Trinajstić information content (AvgIpc) is 3.35. The molecule has 0 bridgehead atoms. The molecule has 208 valence electrons. The predicted molar refractivity (Wildman–Crippen MR) is 150 cm³/mol. The normalized spacial score (nSPS) is 14.2. The Labute approximate surface area is 230 Å². The minimum absolute atomic E-state index is 0.0197. The molecule has 2 aromatic carbocycles. The highest BCUT2D eigenvalue weighted by Crippen LogP contribution is 2.35. The molecule has 0 spiro atoms. The van der Waals surface area contributed by atoms with Gasteiger partial charge in [-0.2, -0.15) is 5.10 Å². The van der Waals surface area contributed by atoms with Crippen LogP contribution in [-0.2, 0) is 4.74 Å². The van der Waals surface area contributed by atoms with Crippen LogP contribution in [0.2, 0.25) is 0 Å². The molecule has 2 heterocycles. The van der Waals surface area contributed by atoms with Crippen LogP contribution < -0.4 is 14.8 Å². The molecule has 0 saturated carbocycles. The van der Waals surface area contributed by atoms with Crippen LogP contribution in [0.5, 0.6) is 11.5 Å². The van der Waals surface area contributed by atoms with Gasteiger partial charge in [-0.15, -0.1) is 0 Å². The molecule has 9 heteroatoms. The topological polar surface area (TPSA) is 94.9 Å². The molecular weight excluding hydrogens is 496 g/mol. The molecular formula is C30H38N4O5. The van der Waals surface area contributed by atoms with E-state index in [2.05, 4.69) is 36.4 Å². The third-order valence-electron chi connectivity index (χ3n) is 6.98. The van der Waals surface area contributed by atoms with Crippen molar-refractivity contribution in [2.45, 2.75) is 59.0 Å². The molecule has 39 heavy (non-hydrogen) atoms. The molecule has 1 aliphatic heterocycles. The summed E-state index contributed by atoms with van der Waals surface area (Å²) in [7, 11) is 3.13. The first-order valence-corrected chi connectivity index (χ1v) is 13.2. The molecule has 1 aromatic heterocycles. The van der Waals surface area contributed by atoms with Gasteiger partial charge >= 0.3 is 6.09 Å². The highest BCUT2D eigenvalue weighted by atomic mass is 16.6. The number of methoxy groups -OCH3 is 2. The van der Waals surface area contributed by atoms with Crippen LogP contribution >= 0.6 is 0 Å². The van der Waals surface area contributed by atoms with Crippen molar-refractivity contribution in [1.82, 2.24) is 14.7 Å². The first-order chi connectivity index (χ1) is 18.5. The highest BCUT2D eigenvalue weighted by Gasteiger charge is 2.32. The van der Waals surface area contributed by atoms with Crippen LogP contribution in [0.3, 0.4) is 0 Å². The highest BCUT2D eigenvalue weighted by molar-refractivity contribution is 6.06. The lowest BCUT2D eigenvalue weighted by atomic mass is 9.90. The van der Waals surface area contributed by atoms with E-state index in [0.717, 1.165) is 16.9 Å². The zero-order chi connectivity index (χ0) is 28.3. The van der Waals surface area contributed by atoms with Crippen molar-refractivity contribution in [1.29, 1.82) is 0 Å². The fourth-order valence-electron chi connectivity index (χ4n) is 4.74. The van der Waals surface area contributed by atoms with Gasteiger partial charge in [-0.1, -0.05) is 6.07 Å². The number of ether oxygens (including phenoxy) is 3. The van der Waals surface area contributed by atoms with Crippen LogP contribution in [0.1, 0.15) is 66.7 Å². The lowest BCUT2D eigenvalue weighted by Gasteiger charge is -2.34. The molecule has 1 saturated heterocycles. The standard InChI is InChI=1S/C30H38N4O5/c1-19-8-9-22(16-20(19)2)34-27(21-12-14-33(15-13-21)29(36)39-30(3,4)5)24(18-31-34)28(35)32-25-11-10-23(37-6)17-26(25)38-7/h8-11,16-18,21H,12-15H2,1-7H3,(H,32,35). The molecule has 9 nitrogen and oxygen atoms in total. The first-order valence-electron chi connectivity index (χ1n) is 13.2. The Morgan fingerprint density at radius 2 is 1.69 bits per heavy atom. The van der Waals surface area contributed by atoms with Crippen LogP contribution in [0.4, 0.5) is 10.5 Å². The summed E-state index contributed by atoms with van der Waals surface area (Å²) >= 11 is 0. The zero-order valence-corrected chi connectivity index (χ0v) is 23.8. The second kappa shape index (κ2) is 11.4. The van der Waals surface area contributed by atoms with Crippen molar-refractivity contribution >= 4 is 17.7 Å². The summed E-state index contributed by atoms with van der Waals surface area (Å²) in [5, 5.41) is 7.66. The van der Waals surface area contributed by atoms with E-state index in [1.54, 1.807) is 43.5 Å². The second-order valence-corrected chi connectivity index (χ2v) is 10.9. The Kier molecular flexibility index (Phi) is 8.18. The van der Waals surface area contributed by atoms with E-state index in [-0.39, 0.29) is 17.9 Å². The molecule has 0 radical (unpaired) electrons. The monoisotopic (exact) mass is 534 g/mol. The zero-order valence-electron chi connectivity index (χ0n) is 23.8. The average molecular weight is 535 g/mol.